The summed E-state index contributed by atoms with van der Waals surface area (Å²) >= 11 is 0. The second kappa shape index (κ2) is 8.41. The van der Waals surface area contributed by atoms with E-state index < -0.39 is 11.9 Å². The number of likely N-dealkylation sites (tertiary alicyclic amines) is 1. The Balaban J connectivity index is 1.86. The van der Waals surface area contributed by atoms with E-state index in [-0.39, 0.29) is 12.5 Å². The van der Waals surface area contributed by atoms with Crippen molar-refractivity contribution >= 4 is 11.8 Å². The molecule has 6 heteroatoms. The normalized spacial score (nSPS) is 17.6. The minimum atomic E-state index is -0.510. The molecule has 1 saturated heterocycles. The van der Waals surface area contributed by atoms with Crippen LogP contribution in [0, 0.1) is 0 Å². The summed E-state index contributed by atoms with van der Waals surface area (Å²) in [6.07, 6.45) is 3.38. The van der Waals surface area contributed by atoms with Crippen LogP contribution in [0.5, 0.6) is 11.5 Å². The van der Waals surface area contributed by atoms with Gasteiger partial charge in [0.25, 0.3) is 5.91 Å². The molecule has 1 aromatic rings. The Morgan fingerprint density at radius 1 is 1.17 bits per heavy atom. The highest BCUT2D eigenvalue weighted by Crippen LogP contribution is 2.19. The Kier molecular flexibility index (Phi) is 6.26. The SMILES string of the molecule is CCCOc1ccc(OCC(=O)N2CCCCC2C(N)=O)cc1. The first-order chi connectivity index (χ1) is 11.1. The van der Waals surface area contributed by atoms with Gasteiger partial charge in [0.2, 0.25) is 5.91 Å². The molecule has 23 heavy (non-hydrogen) atoms. The number of piperidine rings is 1. The number of hydrogen-bond acceptors (Lipinski definition) is 4. The Hall–Kier alpha value is -2.24. The van der Waals surface area contributed by atoms with E-state index in [1.807, 2.05) is 19.1 Å². The lowest BCUT2D eigenvalue weighted by molar-refractivity contribution is -0.142. The van der Waals surface area contributed by atoms with E-state index in [0.29, 0.717) is 25.3 Å². The molecule has 2 amide bonds. The van der Waals surface area contributed by atoms with Crippen LogP contribution in [0.1, 0.15) is 32.6 Å². The van der Waals surface area contributed by atoms with Crippen LogP contribution in [0.2, 0.25) is 0 Å². The molecule has 6 nitrogen and oxygen atoms in total. The predicted octanol–water partition coefficient (Wildman–Crippen LogP) is 1.72. The summed E-state index contributed by atoms with van der Waals surface area (Å²) in [5, 5.41) is 0. The molecule has 1 fully saturated rings. The van der Waals surface area contributed by atoms with Crippen molar-refractivity contribution in [2.24, 2.45) is 5.73 Å². The van der Waals surface area contributed by atoms with Gasteiger partial charge in [0, 0.05) is 6.54 Å². The highest BCUT2D eigenvalue weighted by molar-refractivity contribution is 5.87. The molecule has 0 radical (unpaired) electrons. The average molecular weight is 320 g/mol. The molecule has 2 N–H and O–H groups in total. The zero-order valence-electron chi connectivity index (χ0n) is 13.5. The zero-order valence-corrected chi connectivity index (χ0v) is 13.5. The lowest BCUT2D eigenvalue weighted by Crippen LogP contribution is -2.51. The van der Waals surface area contributed by atoms with Crippen LogP contribution in [0.15, 0.2) is 24.3 Å². The minimum Gasteiger partial charge on any atom is -0.494 e. The first-order valence-corrected chi connectivity index (χ1v) is 8.06. The number of ether oxygens (including phenoxy) is 2. The maximum absolute atomic E-state index is 12.3. The van der Waals surface area contributed by atoms with Gasteiger partial charge in [-0.2, -0.15) is 0 Å². The number of nitrogens with zero attached hydrogens (tertiary/aromatic N) is 1. The number of nitrogens with two attached hydrogens (primary N) is 1. The molecule has 0 aromatic heterocycles. The molecule has 0 spiro atoms. The fourth-order valence-corrected chi connectivity index (χ4v) is 2.61. The van der Waals surface area contributed by atoms with Gasteiger partial charge in [-0.05, 0) is 49.9 Å². The van der Waals surface area contributed by atoms with Gasteiger partial charge in [-0.1, -0.05) is 6.92 Å². The van der Waals surface area contributed by atoms with E-state index in [9.17, 15) is 9.59 Å². The van der Waals surface area contributed by atoms with Crippen LogP contribution < -0.4 is 15.2 Å². The van der Waals surface area contributed by atoms with Crippen molar-refractivity contribution in [3.05, 3.63) is 24.3 Å². The molecule has 1 aliphatic rings. The third-order valence-electron chi connectivity index (χ3n) is 3.81. The first kappa shape index (κ1) is 17.1. The number of benzene rings is 1. The molecule has 0 aliphatic carbocycles. The van der Waals surface area contributed by atoms with Crippen molar-refractivity contribution in [2.75, 3.05) is 19.8 Å². The summed E-state index contributed by atoms with van der Waals surface area (Å²) in [6, 6.07) is 6.63. The third-order valence-corrected chi connectivity index (χ3v) is 3.81. The Labute approximate surface area is 136 Å². The average Bonchev–Trinajstić information content (AvgIpc) is 2.58. The lowest BCUT2D eigenvalue weighted by Gasteiger charge is -2.33. The summed E-state index contributed by atoms with van der Waals surface area (Å²) in [7, 11) is 0. The largest absolute Gasteiger partial charge is 0.494 e. The maximum Gasteiger partial charge on any atom is 0.261 e. The molecular weight excluding hydrogens is 296 g/mol. The number of rotatable bonds is 7. The van der Waals surface area contributed by atoms with Gasteiger partial charge in [-0.3, -0.25) is 9.59 Å². The molecule has 1 aliphatic heterocycles. The van der Waals surface area contributed by atoms with Crippen LogP contribution >= 0.6 is 0 Å². The van der Waals surface area contributed by atoms with Crippen molar-refractivity contribution in [1.82, 2.24) is 4.90 Å². The van der Waals surface area contributed by atoms with E-state index in [2.05, 4.69) is 0 Å². The number of hydrogen-bond donors (Lipinski definition) is 1. The first-order valence-electron chi connectivity index (χ1n) is 8.06. The minimum absolute atomic E-state index is 0.0983. The van der Waals surface area contributed by atoms with Gasteiger partial charge >= 0.3 is 0 Å². The van der Waals surface area contributed by atoms with Crippen LogP contribution in [-0.2, 0) is 9.59 Å². The summed E-state index contributed by atoms with van der Waals surface area (Å²) in [5.74, 6) is 0.709. The van der Waals surface area contributed by atoms with Crippen molar-refractivity contribution < 1.29 is 19.1 Å². The summed E-state index contributed by atoms with van der Waals surface area (Å²) in [4.78, 5) is 25.2. The lowest BCUT2D eigenvalue weighted by atomic mass is 10.0. The molecule has 0 bridgehead atoms. The molecule has 126 valence electrons. The summed E-state index contributed by atoms with van der Waals surface area (Å²) < 4.78 is 11.0. The Morgan fingerprint density at radius 3 is 2.43 bits per heavy atom. The van der Waals surface area contributed by atoms with Gasteiger partial charge in [-0.25, -0.2) is 0 Å². The molecule has 1 heterocycles. The smallest absolute Gasteiger partial charge is 0.261 e. The molecule has 1 atom stereocenters. The van der Waals surface area contributed by atoms with Crippen LogP contribution in [0.3, 0.4) is 0 Å². The monoisotopic (exact) mass is 320 g/mol. The van der Waals surface area contributed by atoms with Crippen LogP contribution in [0.4, 0.5) is 0 Å². The zero-order chi connectivity index (χ0) is 16.7. The van der Waals surface area contributed by atoms with Crippen molar-refractivity contribution in [1.29, 1.82) is 0 Å². The second-order valence-electron chi connectivity index (χ2n) is 5.61. The van der Waals surface area contributed by atoms with Crippen molar-refractivity contribution in [3.63, 3.8) is 0 Å². The fourth-order valence-electron chi connectivity index (χ4n) is 2.61. The van der Waals surface area contributed by atoms with E-state index in [4.69, 9.17) is 15.2 Å². The van der Waals surface area contributed by atoms with E-state index in [1.54, 1.807) is 12.1 Å². The second-order valence-corrected chi connectivity index (χ2v) is 5.61. The Morgan fingerprint density at radius 2 is 1.83 bits per heavy atom. The van der Waals surface area contributed by atoms with Gasteiger partial charge in [-0.15, -0.1) is 0 Å². The molecular formula is C17H24N2O4. The number of carbonyl (C=O) groups is 2. The van der Waals surface area contributed by atoms with E-state index >= 15 is 0 Å². The topological polar surface area (TPSA) is 81.9 Å². The van der Waals surface area contributed by atoms with Gasteiger partial charge in [0.05, 0.1) is 6.61 Å². The van der Waals surface area contributed by atoms with Crippen LogP contribution in [-0.4, -0.2) is 42.5 Å². The highest BCUT2D eigenvalue weighted by atomic mass is 16.5. The Bertz CT molecular complexity index is 530. The number of carbonyl (C=O) groups excluding carboxylic acids is 2. The van der Waals surface area contributed by atoms with Crippen LogP contribution in [0.25, 0.3) is 0 Å². The van der Waals surface area contributed by atoms with Gasteiger partial charge in [0.1, 0.15) is 17.5 Å². The van der Waals surface area contributed by atoms with E-state index in [0.717, 1.165) is 25.0 Å². The standard InChI is InChI=1S/C17H24N2O4/c1-2-11-22-13-6-8-14(9-7-13)23-12-16(20)19-10-4-3-5-15(19)17(18)21/h6-9,15H,2-5,10-12H2,1H3,(H2,18,21). The maximum atomic E-state index is 12.3. The predicted molar refractivity (Wildman–Crippen MR) is 86.3 cm³/mol. The fraction of sp³-hybridized carbons (Fsp3) is 0.529. The van der Waals surface area contributed by atoms with E-state index in [1.165, 1.54) is 4.90 Å². The van der Waals surface area contributed by atoms with Gasteiger partial charge < -0.3 is 20.1 Å². The van der Waals surface area contributed by atoms with Crippen molar-refractivity contribution in [2.45, 2.75) is 38.6 Å². The van der Waals surface area contributed by atoms with Crippen molar-refractivity contribution in [3.8, 4) is 11.5 Å². The molecule has 0 saturated carbocycles. The molecule has 1 unspecified atom stereocenters. The summed E-state index contributed by atoms with van der Waals surface area (Å²) in [5.41, 5.74) is 5.37. The molecule has 1 aromatic carbocycles. The van der Waals surface area contributed by atoms with Gasteiger partial charge in [0.15, 0.2) is 6.61 Å². The number of primary amides is 1. The highest BCUT2D eigenvalue weighted by Gasteiger charge is 2.30. The quantitative estimate of drug-likeness (QED) is 0.829. The molecule has 2 rings (SSSR count). The summed E-state index contributed by atoms with van der Waals surface area (Å²) in [6.45, 7) is 3.17. The third kappa shape index (κ3) is 4.87. The number of amides is 2.